The summed E-state index contributed by atoms with van der Waals surface area (Å²) in [4.78, 5) is 9.73. The predicted molar refractivity (Wildman–Crippen MR) is 27.0 cm³/mol. The van der Waals surface area contributed by atoms with E-state index in [0.717, 1.165) is 6.20 Å². The summed E-state index contributed by atoms with van der Waals surface area (Å²) in [6.07, 6.45) is -0.425. The minimum absolute atomic E-state index is 1.11. The van der Waals surface area contributed by atoms with Crippen LogP contribution in [-0.2, 0) is 4.79 Å². The van der Waals surface area contributed by atoms with E-state index < -0.39 is 12.2 Å². The van der Waals surface area contributed by atoms with E-state index in [0.29, 0.717) is 0 Å². The molecule has 0 amide bonds. The lowest BCUT2D eigenvalue weighted by atomic mass is 10.6. The molecule has 1 unspecified atom stereocenters. The predicted octanol–water partition coefficient (Wildman–Crippen LogP) is -0.877. The maximum Gasteiger partial charge on any atom is 0.353 e. The van der Waals surface area contributed by atoms with E-state index in [4.69, 9.17) is 10.2 Å². The van der Waals surface area contributed by atoms with Gasteiger partial charge in [-0.05, 0) is 6.20 Å². The molecule has 0 saturated heterocycles. The smallest absolute Gasteiger partial charge is 0.353 e. The van der Waals surface area contributed by atoms with E-state index in [9.17, 15) is 4.79 Å². The van der Waals surface area contributed by atoms with Crippen LogP contribution in [0.5, 0.6) is 0 Å². The number of carboxylic acids is 1. The standard InChI is InChI=1S/C4H7NO3/c1-2-5-3(6)4(7)8/h2-3,5-6H,1H2,(H,7,8). The molecule has 3 N–H and O–H groups in total. The molecule has 4 nitrogen and oxygen atoms in total. The molecule has 0 aliphatic heterocycles. The summed E-state index contributed by atoms with van der Waals surface area (Å²) in [6, 6.07) is 0. The Hall–Kier alpha value is -1.03. The van der Waals surface area contributed by atoms with E-state index >= 15 is 0 Å². The van der Waals surface area contributed by atoms with Crippen molar-refractivity contribution in [1.29, 1.82) is 0 Å². The number of carboxylic acid groups (broad SMARTS) is 1. The molecule has 0 bridgehead atoms. The highest BCUT2D eigenvalue weighted by Gasteiger charge is 2.07. The zero-order valence-electron chi connectivity index (χ0n) is 4.16. The molecular weight excluding hydrogens is 110 g/mol. The molecule has 4 heteroatoms. The van der Waals surface area contributed by atoms with Crippen LogP contribution in [-0.4, -0.2) is 22.4 Å². The number of aliphatic hydroxyl groups excluding tert-OH is 1. The minimum Gasteiger partial charge on any atom is -0.478 e. The van der Waals surface area contributed by atoms with Gasteiger partial charge in [0, 0.05) is 0 Å². The number of nitrogens with one attached hydrogen (secondary N) is 1. The maximum absolute atomic E-state index is 9.73. The molecule has 0 radical (unpaired) electrons. The molecule has 0 heterocycles. The molecule has 0 aliphatic carbocycles. The van der Waals surface area contributed by atoms with Gasteiger partial charge in [0.15, 0.2) is 0 Å². The number of aliphatic hydroxyl groups is 1. The molecule has 0 aliphatic rings. The number of aliphatic carboxylic acids is 1. The summed E-state index contributed by atoms with van der Waals surface area (Å²) in [5.74, 6) is -1.31. The van der Waals surface area contributed by atoms with Crippen LogP contribution in [0.2, 0.25) is 0 Å². The third-order valence-electron chi connectivity index (χ3n) is 0.510. The van der Waals surface area contributed by atoms with Gasteiger partial charge in [0.05, 0.1) is 0 Å². The number of rotatable bonds is 3. The van der Waals surface area contributed by atoms with Gasteiger partial charge in [-0.15, -0.1) is 0 Å². The van der Waals surface area contributed by atoms with Crippen LogP contribution in [0.1, 0.15) is 0 Å². The zero-order chi connectivity index (χ0) is 6.57. The van der Waals surface area contributed by atoms with Crippen LogP contribution >= 0.6 is 0 Å². The van der Waals surface area contributed by atoms with Crippen molar-refractivity contribution in [3.05, 3.63) is 12.8 Å². The molecule has 0 fully saturated rings. The summed E-state index contributed by atoms with van der Waals surface area (Å²) in [7, 11) is 0. The van der Waals surface area contributed by atoms with Crippen molar-refractivity contribution in [1.82, 2.24) is 5.32 Å². The molecular formula is C4H7NO3. The first kappa shape index (κ1) is 6.97. The molecule has 0 saturated carbocycles. The summed E-state index contributed by atoms with van der Waals surface area (Å²) in [5.41, 5.74) is 0. The lowest BCUT2D eigenvalue weighted by Crippen LogP contribution is -2.32. The molecule has 0 aromatic rings. The Bertz CT molecular complexity index is 101. The van der Waals surface area contributed by atoms with Gasteiger partial charge in [0.25, 0.3) is 0 Å². The molecule has 0 aromatic heterocycles. The van der Waals surface area contributed by atoms with Crippen LogP contribution in [0.3, 0.4) is 0 Å². The highest BCUT2D eigenvalue weighted by molar-refractivity contribution is 5.71. The quantitative estimate of drug-likeness (QED) is 0.420. The van der Waals surface area contributed by atoms with E-state index in [1.54, 1.807) is 0 Å². The van der Waals surface area contributed by atoms with Gasteiger partial charge in [0.2, 0.25) is 6.23 Å². The van der Waals surface area contributed by atoms with Crippen molar-refractivity contribution in [2.24, 2.45) is 0 Å². The first-order valence-electron chi connectivity index (χ1n) is 1.96. The lowest BCUT2D eigenvalue weighted by molar-refractivity contribution is -0.147. The van der Waals surface area contributed by atoms with Crippen molar-refractivity contribution < 1.29 is 15.0 Å². The normalized spacial score (nSPS) is 12.1. The summed E-state index contributed by atoms with van der Waals surface area (Å²) in [6.45, 7) is 3.15. The number of hydrogen-bond acceptors (Lipinski definition) is 3. The number of hydrogen-bond donors (Lipinski definition) is 3. The third kappa shape index (κ3) is 2.20. The van der Waals surface area contributed by atoms with Crippen molar-refractivity contribution >= 4 is 5.97 Å². The third-order valence-corrected chi connectivity index (χ3v) is 0.510. The van der Waals surface area contributed by atoms with Crippen LogP contribution in [0, 0.1) is 0 Å². The maximum atomic E-state index is 9.73. The highest BCUT2D eigenvalue weighted by Crippen LogP contribution is 1.72. The van der Waals surface area contributed by atoms with E-state index in [-0.39, 0.29) is 0 Å². The van der Waals surface area contributed by atoms with Crippen LogP contribution in [0.4, 0.5) is 0 Å². The fraction of sp³-hybridized carbons (Fsp3) is 0.250. The van der Waals surface area contributed by atoms with E-state index in [2.05, 4.69) is 11.9 Å². The summed E-state index contributed by atoms with van der Waals surface area (Å²) >= 11 is 0. The second kappa shape index (κ2) is 3.04. The number of carbonyl (C=O) groups is 1. The first-order chi connectivity index (χ1) is 3.68. The van der Waals surface area contributed by atoms with Crippen LogP contribution in [0.25, 0.3) is 0 Å². The Kier molecular flexibility index (Phi) is 2.64. The fourth-order valence-electron chi connectivity index (χ4n) is 0.183. The second-order valence-electron chi connectivity index (χ2n) is 1.11. The Balaban J connectivity index is 3.46. The summed E-state index contributed by atoms with van der Waals surface area (Å²) < 4.78 is 0. The fourth-order valence-corrected chi connectivity index (χ4v) is 0.183. The molecule has 1 atom stereocenters. The van der Waals surface area contributed by atoms with Gasteiger partial charge in [-0.25, -0.2) is 4.79 Å². The highest BCUT2D eigenvalue weighted by atomic mass is 16.4. The van der Waals surface area contributed by atoms with E-state index in [1.807, 2.05) is 0 Å². The summed E-state index contributed by atoms with van der Waals surface area (Å²) in [5, 5.41) is 18.4. The second-order valence-corrected chi connectivity index (χ2v) is 1.11. The topological polar surface area (TPSA) is 69.6 Å². The molecule has 0 spiro atoms. The SMILES string of the molecule is C=CNC(O)C(=O)O. The molecule has 46 valence electrons. The van der Waals surface area contributed by atoms with E-state index in [1.165, 1.54) is 0 Å². The van der Waals surface area contributed by atoms with Crippen molar-refractivity contribution in [3.8, 4) is 0 Å². The van der Waals surface area contributed by atoms with Gasteiger partial charge >= 0.3 is 5.97 Å². The van der Waals surface area contributed by atoms with Gasteiger partial charge < -0.3 is 15.5 Å². The molecule has 0 aromatic carbocycles. The Morgan fingerprint density at radius 2 is 2.38 bits per heavy atom. The molecule has 8 heavy (non-hydrogen) atoms. The average molecular weight is 117 g/mol. The van der Waals surface area contributed by atoms with Gasteiger partial charge in [-0.2, -0.15) is 0 Å². The van der Waals surface area contributed by atoms with Crippen LogP contribution in [0.15, 0.2) is 12.8 Å². The Morgan fingerprint density at radius 3 is 2.50 bits per heavy atom. The lowest BCUT2D eigenvalue weighted by Gasteiger charge is -2.01. The van der Waals surface area contributed by atoms with Crippen molar-refractivity contribution in [3.63, 3.8) is 0 Å². The van der Waals surface area contributed by atoms with Gasteiger partial charge in [0.1, 0.15) is 0 Å². The largest absolute Gasteiger partial charge is 0.478 e. The Labute approximate surface area is 46.4 Å². The zero-order valence-corrected chi connectivity index (χ0v) is 4.16. The average Bonchev–Trinajstić information content (AvgIpc) is 1.67. The van der Waals surface area contributed by atoms with Crippen LogP contribution < -0.4 is 5.32 Å². The van der Waals surface area contributed by atoms with Crippen molar-refractivity contribution in [2.75, 3.05) is 0 Å². The minimum atomic E-state index is -1.53. The van der Waals surface area contributed by atoms with Gasteiger partial charge in [-0.1, -0.05) is 6.58 Å². The Morgan fingerprint density at radius 1 is 1.88 bits per heavy atom. The van der Waals surface area contributed by atoms with Gasteiger partial charge in [-0.3, -0.25) is 0 Å². The first-order valence-corrected chi connectivity index (χ1v) is 1.96. The monoisotopic (exact) mass is 117 g/mol. The molecule has 0 rings (SSSR count). The van der Waals surface area contributed by atoms with Crippen molar-refractivity contribution in [2.45, 2.75) is 6.23 Å².